The van der Waals surface area contributed by atoms with E-state index in [0.717, 1.165) is 0 Å². The van der Waals surface area contributed by atoms with E-state index in [2.05, 4.69) is 32.8 Å². The van der Waals surface area contributed by atoms with Gasteiger partial charge in [0.15, 0.2) is 0 Å². The fraction of sp³-hybridized carbons (Fsp3) is 0.421. The number of nitriles is 1. The number of ether oxygens (including phenoxy) is 1. The van der Waals surface area contributed by atoms with Crippen molar-refractivity contribution in [3.05, 3.63) is 46.7 Å². The minimum Gasteiger partial charge on any atom is -0.489 e. The third kappa shape index (κ3) is 2.73. The second kappa shape index (κ2) is 6.03. The highest BCUT2D eigenvalue weighted by atomic mass is 35.5. The maximum absolute atomic E-state index is 11.4. The Hall–Kier alpha value is -2.52. The topological polar surface area (TPSA) is 93.9 Å². The van der Waals surface area contributed by atoms with E-state index < -0.39 is 5.91 Å². The van der Waals surface area contributed by atoms with Crippen molar-refractivity contribution in [2.75, 3.05) is 0 Å². The van der Waals surface area contributed by atoms with Gasteiger partial charge in [-0.1, -0.05) is 39.3 Å². The lowest BCUT2D eigenvalue weighted by atomic mass is 9.49. The lowest BCUT2D eigenvalue weighted by molar-refractivity contribution is -0.191. The van der Waals surface area contributed by atoms with Gasteiger partial charge >= 0.3 is 0 Å². The van der Waals surface area contributed by atoms with Crippen molar-refractivity contribution in [2.45, 2.75) is 39.8 Å². The molecule has 26 heavy (non-hydrogen) atoms. The number of benzene rings is 1. The molecule has 1 amide bonds. The standard InChI is InChI=1S/C19H21ClN4O2/c1-18(2)16(24-10-12(9-23-24)15(22)25)19(3,4)17(18)26-13-6-5-11(8-21)14(20)7-13/h5-7,9-10,16-17H,1-4H3,(H2,22,25). The monoisotopic (exact) mass is 372 g/mol. The molecule has 1 fully saturated rings. The maximum Gasteiger partial charge on any atom is 0.251 e. The van der Waals surface area contributed by atoms with Crippen molar-refractivity contribution in [1.29, 1.82) is 5.26 Å². The van der Waals surface area contributed by atoms with Gasteiger partial charge in [0.1, 0.15) is 17.9 Å². The largest absolute Gasteiger partial charge is 0.489 e. The molecule has 6 nitrogen and oxygen atoms in total. The normalized spacial score (nSPS) is 22.9. The Kier molecular flexibility index (Phi) is 4.24. The van der Waals surface area contributed by atoms with E-state index in [0.29, 0.717) is 21.9 Å². The van der Waals surface area contributed by atoms with Crippen LogP contribution < -0.4 is 10.5 Å². The van der Waals surface area contributed by atoms with Gasteiger partial charge < -0.3 is 10.5 Å². The first kappa shape index (κ1) is 18.3. The molecular formula is C19H21ClN4O2. The van der Waals surface area contributed by atoms with Crippen LogP contribution in [0.1, 0.15) is 49.7 Å². The first-order chi connectivity index (χ1) is 12.1. The third-order valence-corrected chi connectivity index (χ3v) is 5.54. The number of nitrogens with zero attached hydrogens (tertiary/aromatic N) is 3. The minimum atomic E-state index is -0.494. The summed E-state index contributed by atoms with van der Waals surface area (Å²) in [5.41, 5.74) is 5.65. The molecule has 1 aliphatic rings. The van der Waals surface area contributed by atoms with Crippen LogP contribution >= 0.6 is 11.6 Å². The number of halogens is 1. The summed E-state index contributed by atoms with van der Waals surface area (Å²) in [5.74, 6) is 0.128. The zero-order valence-electron chi connectivity index (χ0n) is 15.2. The number of rotatable bonds is 4. The predicted octanol–water partition coefficient (Wildman–Crippen LogP) is 3.56. The Morgan fingerprint density at radius 1 is 1.35 bits per heavy atom. The number of aromatic nitrogens is 2. The number of amides is 1. The van der Waals surface area contributed by atoms with Gasteiger partial charge in [0, 0.05) is 23.1 Å². The lowest BCUT2D eigenvalue weighted by Crippen LogP contribution is -2.66. The molecule has 0 unspecified atom stereocenters. The zero-order chi connectivity index (χ0) is 19.3. The molecule has 136 valence electrons. The number of hydrogen-bond donors (Lipinski definition) is 1. The van der Waals surface area contributed by atoms with Crippen LogP contribution in [-0.2, 0) is 0 Å². The van der Waals surface area contributed by atoms with Gasteiger partial charge in [-0.25, -0.2) is 0 Å². The Balaban J connectivity index is 1.87. The number of hydrogen-bond acceptors (Lipinski definition) is 4. The van der Waals surface area contributed by atoms with E-state index in [4.69, 9.17) is 27.3 Å². The summed E-state index contributed by atoms with van der Waals surface area (Å²) in [4.78, 5) is 11.4. The van der Waals surface area contributed by atoms with Gasteiger partial charge in [-0.15, -0.1) is 0 Å². The Morgan fingerprint density at radius 3 is 2.50 bits per heavy atom. The number of primary amides is 1. The van der Waals surface area contributed by atoms with E-state index in [1.54, 1.807) is 29.1 Å². The molecule has 1 heterocycles. The molecule has 0 saturated heterocycles. The van der Waals surface area contributed by atoms with Crippen LogP contribution in [0.2, 0.25) is 5.02 Å². The summed E-state index contributed by atoms with van der Waals surface area (Å²) in [6.45, 7) is 8.41. The second-order valence-corrected chi connectivity index (χ2v) is 8.28. The maximum atomic E-state index is 11.4. The predicted molar refractivity (Wildman–Crippen MR) is 97.9 cm³/mol. The van der Waals surface area contributed by atoms with Crippen LogP contribution in [0.5, 0.6) is 5.75 Å². The minimum absolute atomic E-state index is 0.0296. The Labute approximate surface area is 157 Å². The van der Waals surface area contributed by atoms with Crippen LogP contribution in [-0.4, -0.2) is 21.8 Å². The molecule has 2 N–H and O–H groups in total. The molecule has 1 aromatic carbocycles. The second-order valence-electron chi connectivity index (χ2n) is 7.87. The van der Waals surface area contributed by atoms with Crippen LogP contribution in [0, 0.1) is 22.2 Å². The first-order valence-corrected chi connectivity index (χ1v) is 8.67. The molecule has 0 radical (unpaired) electrons. The smallest absolute Gasteiger partial charge is 0.251 e. The van der Waals surface area contributed by atoms with Crippen LogP contribution in [0.15, 0.2) is 30.6 Å². The SMILES string of the molecule is CC1(C)C(Oc2ccc(C#N)c(Cl)c2)C(C)(C)C1n1cc(C(N)=O)cn1. The van der Waals surface area contributed by atoms with Crippen molar-refractivity contribution in [3.8, 4) is 11.8 Å². The van der Waals surface area contributed by atoms with E-state index in [1.165, 1.54) is 6.20 Å². The van der Waals surface area contributed by atoms with Crippen molar-refractivity contribution in [2.24, 2.45) is 16.6 Å². The average molecular weight is 373 g/mol. The summed E-state index contributed by atoms with van der Waals surface area (Å²) in [6, 6.07) is 7.14. The molecule has 0 spiro atoms. The van der Waals surface area contributed by atoms with E-state index in [-0.39, 0.29) is 23.0 Å². The third-order valence-electron chi connectivity index (χ3n) is 5.23. The van der Waals surface area contributed by atoms with Gasteiger partial charge in [0.05, 0.1) is 28.4 Å². The van der Waals surface area contributed by atoms with E-state index in [1.807, 2.05) is 6.07 Å². The lowest BCUT2D eigenvalue weighted by Gasteiger charge is -2.62. The number of carbonyl (C=O) groups excluding carboxylic acids is 1. The van der Waals surface area contributed by atoms with E-state index in [9.17, 15) is 4.79 Å². The average Bonchev–Trinajstić information content (AvgIpc) is 3.01. The molecule has 3 rings (SSSR count). The zero-order valence-corrected chi connectivity index (χ0v) is 15.9. The van der Waals surface area contributed by atoms with Crippen molar-refractivity contribution in [3.63, 3.8) is 0 Å². The van der Waals surface area contributed by atoms with Gasteiger partial charge in [0.2, 0.25) is 0 Å². The van der Waals surface area contributed by atoms with Crippen molar-refractivity contribution >= 4 is 17.5 Å². The first-order valence-electron chi connectivity index (χ1n) is 8.29. The number of nitrogens with two attached hydrogens (primary N) is 1. The van der Waals surface area contributed by atoms with Gasteiger partial charge in [-0.3, -0.25) is 9.48 Å². The van der Waals surface area contributed by atoms with Crippen LogP contribution in [0.25, 0.3) is 0 Å². The van der Waals surface area contributed by atoms with Crippen molar-refractivity contribution < 1.29 is 9.53 Å². The summed E-state index contributed by atoms with van der Waals surface area (Å²) in [5, 5.41) is 13.7. The molecule has 1 aliphatic carbocycles. The Bertz CT molecular complexity index is 895. The molecule has 1 aromatic heterocycles. The molecule has 0 bridgehead atoms. The van der Waals surface area contributed by atoms with Crippen LogP contribution in [0.3, 0.4) is 0 Å². The van der Waals surface area contributed by atoms with Gasteiger partial charge in [-0.05, 0) is 12.1 Å². The molecule has 2 aromatic rings. The molecular weight excluding hydrogens is 352 g/mol. The number of carbonyl (C=O) groups is 1. The highest BCUT2D eigenvalue weighted by Gasteiger charge is 2.65. The summed E-state index contributed by atoms with van der Waals surface area (Å²) >= 11 is 6.11. The summed E-state index contributed by atoms with van der Waals surface area (Å²) in [6.07, 6.45) is 3.07. The Morgan fingerprint density at radius 2 is 2.00 bits per heavy atom. The molecule has 0 aliphatic heterocycles. The molecule has 7 heteroatoms. The van der Waals surface area contributed by atoms with Gasteiger partial charge in [-0.2, -0.15) is 10.4 Å². The molecule has 1 saturated carbocycles. The quantitative estimate of drug-likeness (QED) is 0.887. The summed E-state index contributed by atoms with van der Waals surface area (Å²) in [7, 11) is 0. The highest BCUT2D eigenvalue weighted by molar-refractivity contribution is 6.31. The van der Waals surface area contributed by atoms with E-state index >= 15 is 0 Å². The highest BCUT2D eigenvalue weighted by Crippen LogP contribution is 2.62. The van der Waals surface area contributed by atoms with Crippen molar-refractivity contribution in [1.82, 2.24) is 9.78 Å². The van der Waals surface area contributed by atoms with Gasteiger partial charge in [0.25, 0.3) is 5.91 Å². The summed E-state index contributed by atoms with van der Waals surface area (Å²) < 4.78 is 8.04. The molecule has 0 atom stereocenters. The fourth-order valence-electron chi connectivity index (χ4n) is 4.50. The van der Waals surface area contributed by atoms with Crippen LogP contribution in [0.4, 0.5) is 0 Å². The fourth-order valence-corrected chi connectivity index (χ4v) is 4.71.